The minimum Gasteiger partial charge on any atom is -1.00 e. The predicted octanol–water partition coefficient (Wildman–Crippen LogP) is -24.7. The van der Waals surface area contributed by atoms with Crippen LogP contribution in [0.15, 0.2) is 0 Å². The number of hydrogen-bond acceptors (Lipinski definition) is 0. The summed E-state index contributed by atoms with van der Waals surface area (Å²) in [5, 5.41) is 0. The van der Waals surface area contributed by atoms with Crippen molar-refractivity contribution in [1.29, 1.82) is 0 Å². The van der Waals surface area contributed by atoms with Gasteiger partial charge in [-0.3, -0.25) is 0 Å². The van der Waals surface area contributed by atoms with Gasteiger partial charge < -0.3 is 28.2 Å². The van der Waals surface area contributed by atoms with E-state index in [0.717, 1.165) is 0 Å². The fraction of sp³-hybridized carbons (Fsp3) is 0. The van der Waals surface area contributed by atoms with E-state index in [2.05, 4.69) is 0 Å². The van der Waals surface area contributed by atoms with Gasteiger partial charge in [0.15, 0.2) is 0 Å². The predicted molar refractivity (Wildman–Crippen MR) is 11.5 cm³/mol. The van der Waals surface area contributed by atoms with Crippen molar-refractivity contribution in [3.8, 4) is 0 Å². The molecule has 0 fully saturated rings. The smallest absolute Gasteiger partial charge is 1.00 e. The minimum absolute atomic E-state index is 0. The molecular weight excluding hydrogens is 193 g/mol. The van der Waals surface area contributed by atoms with Crippen LogP contribution in [0.25, 0.3) is 0 Å². The van der Waals surface area contributed by atoms with Crippen LogP contribution in [0.3, 0.4) is 0 Å². The monoisotopic (exact) mass is 192 g/mol. The fourth-order valence-electron chi connectivity index (χ4n) is 0. The van der Waals surface area contributed by atoms with Gasteiger partial charge in [-0.15, -0.1) is 0 Å². The topological polar surface area (TPSA) is 0 Å². The van der Waals surface area contributed by atoms with Crippen LogP contribution < -0.4 is 76.6 Å². The molecule has 0 aromatic heterocycles. The number of hydrogen-bond donors (Lipinski definition) is 0. The average Bonchev–Trinajstić information content (AvgIpc) is 0. The normalized spacial score (nSPS) is 0. The second-order valence-electron chi connectivity index (χ2n) is 0. The Morgan fingerprint density at radius 1 is 0.400 bits per heavy atom. The Morgan fingerprint density at radius 2 is 0.400 bits per heavy atom. The molecule has 0 saturated carbocycles. The fourth-order valence-corrected chi connectivity index (χ4v) is 0. The third-order valence-corrected chi connectivity index (χ3v) is 0. The molecule has 0 saturated heterocycles. The third-order valence-electron chi connectivity index (χ3n) is 0. The summed E-state index contributed by atoms with van der Waals surface area (Å²) in [6, 6.07) is 0. The largest absolute Gasteiger partial charge is 2.00 e. The third kappa shape index (κ3) is 138. The van der Waals surface area contributed by atoms with E-state index in [4.69, 9.17) is 0 Å². The Bertz CT molecular complexity index is 15.7. The van der Waals surface area contributed by atoms with Gasteiger partial charge in [0, 0.05) is 0 Å². The molecule has 0 aliphatic carbocycles. The van der Waals surface area contributed by atoms with E-state index in [1.165, 1.54) is 0 Å². The zero-order valence-electron chi connectivity index (χ0n) is 5.68. The van der Waals surface area contributed by atoms with Gasteiger partial charge in [0.25, 0.3) is 0 Å². The molecule has 0 bridgehead atoms. The summed E-state index contributed by atoms with van der Waals surface area (Å²) in [6.45, 7) is 0. The van der Waals surface area contributed by atoms with E-state index in [1.54, 1.807) is 0 Å². The first-order valence-corrected chi connectivity index (χ1v) is 0. The second-order valence-corrected chi connectivity index (χ2v) is 0. The first kappa shape index (κ1) is 237. The molecule has 0 unspecified atom stereocenters. The van der Waals surface area contributed by atoms with Crippen LogP contribution in [0.5, 0.6) is 0 Å². The maximum atomic E-state index is 0. The summed E-state index contributed by atoms with van der Waals surface area (Å²) in [7, 11) is 0. The first-order valence-electron chi connectivity index (χ1n) is 0. The summed E-state index contributed by atoms with van der Waals surface area (Å²) < 4.78 is 0. The molecule has 0 atom stereocenters. The van der Waals surface area contributed by atoms with Gasteiger partial charge in [-0.2, -0.15) is 0 Å². The van der Waals surface area contributed by atoms with Gasteiger partial charge in [-0.25, -0.2) is 0 Å². The summed E-state index contributed by atoms with van der Waals surface area (Å²) in [5.74, 6) is 0. The summed E-state index contributed by atoms with van der Waals surface area (Å²) in [5.41, 5.74) is 0. The van der Waals surface area contributed by atoms with Crippen LogP contribution >= 0.6 is 0 Å². The Morgan fingerprint density at radius 3 is 0.400 bits per heavy atom. The van der Waals surface area contributed by atoms with Crippen LogP contribution in [-0.2, 0) is 0 Å². The number of halogens is 6. The minimum atomic E-state index is 0. The van der Waals surface area contributed by atoms with Crippen LogP contribution in [-0.4, -0.2) is 46.1 Å². The van der Waals surface area contributed by atoms with Gasteiger partial charge >= 0.3 is 94.5 Å². The average molecular weight is 193 g/mol. The van der Waals surface area contributed by atoms with Gasteiger partial charge in [0.1, 0.15) is 0 Å². The Balaban J connectivity index is 0. The summed E-state index contributed by atoms with van der Waals surface area (Å²) in [6.07, 6.45) is 0. The maximum absolute atomic E-state index is 0. The molecule has 0 amide bonds. The zero-order valence-corrected chi connectivity index (χ0v) is 10.5. The molecule has 48 valence electrons. The van der Waals surface area contributed by atoms with Crippen LogP contribution in [0.4, 0.5) is 0 Å². The van der Waals surface area contributed by atoms with Gasteiger partial charge in [-0.05, 0) is 0 Å². The SMILES string of the molecule is [F-].[F-].[F-].[F-].[F-].[F-].[Li+].[Mg+2].[Mg+2].[Na+]. The van der Waals surface area contributed by atoms with Crippen molar-refractivity contribution in [1.82, 2.24) is 0 Å². The summed E-state index contributed by atoms with van der Waals surface area (Å²) >= 11 is 0. The Kier molecular flexibility index (Phi) is 4340. The van der Waals surface area contributed by atoms with Crippen molar-refractivity contribution in [3.63, 3.8) is 0 Å². The molecule has 10 heteroatoms. The van der Waals surface area contributed by atoms with Crippen molar-refractivity contribution < 1.29 is 76.6 Å². The van der Waals surface area contributed by atoms with Crippen molar-refractivity contribution in [2.24, 2.45) is 0 Å². The van der Waals surface area contributed by atoms with Crippen molar-refractivity contribution in [2.75, 3.05) is 0 Å². The molecule has 0 nitrogen and oxygen atoms in total. The van der Waals surface area contributed by atoms with E-state index in [9.17, 15) is 0 Å². The second kappa shape index (κ2) is 183. The molecule has 10 heavy (non-hydrogen) atoms. The van der Waals surface area contributed by atoms with Gasteiger partial charge in [0.05, 0.1) is 0 Å². The Labute approximate surface area is 121 Å². The van der Waals surface area contributed by atoms with Crippen LogP contribution in [0.2, 0.25) is 0 Å². The first-order chi connectivity index (χ1) is 0. The number of rotatable bonds is 0. The van der Waals surface area contributed by atoms with E-state index in [1.807, 2.05) is 0 Å². The molecule has 0 aromatic carbocycles. The van der Waals surface area contributed by atoms with E-state index < -0.39 is 0 Å². The van der Waals surface area contributed by atoms with E-state index in [0.29, 0.717) is 0 Å². The standard InChI is InChI=1S/6FH.Li.2Mg.Na/h6*1H;;;;/q;;;;;;+1;2*+2;+1/p-6. The van der Waals surface area contributed by atoms with E-state index >= 15 is 0 Å². The van der Waals surface area contributed by atoms with Crippen molar-refractivity contribution in [2.45, 2.75) is 0 Å². The van der Waals surface area contributed by atoms with Crippen molar-refractivity contribution in [3.05, 3.63) is 0 Å². The molecule has 0 aliphatic heterocycles. The molecule has 0 heterocycles. The van der Waals surface area contributed by atoms with Crippen LogP contribution in [0, 0.1) is 0 Å². The molecule has 0 aromatic rings. The molecule has 0 aliphatic rings. The van der Waals surface area contributed by atoms with Crippen LogP contribution in [0.1, 0.15) is 0 Å². The van der Waals surface area contributed by atoms with Gasteiger partial charge in [0.2, 0.25) is 0 Å². The quantitative estimate of drug-likeness (QED) is 0.264. The molecule has 0 spiro atoms. The molecule has 0 N–H and O–H groups in total. The summed E-state index contributed by atoms with van der Waals surface area (Å²) in [4.78, 5) is 0. The maximum Gasteiger partial charge on any atom is 2.00 e. The van der Waals surface area contributed by atoms with Crippen molar-refractivity contribution >= 4 is 46.1 Å². The molecule has 0 rings (SSSR count). The molecule has 0 radical (unpaired) electrons. The van der Waals surface area contributed by atoms with Gasteiger partial charge in [-0.1, -0.05) is 0 Å². The van der Waals surface area contributed by atoms with E-state index in [-0.39, 0.29) is 123 Å². The molecular formula is F6LiMg2Na. The zero-order chi connectivity index (χ0) is 0. The Hall–Kier alpha value is 2.71.